The van der Waals surface area contributed by atoms with E-state index in [0.29, 0.717) is 11.3 Å². The molecule has 0 amide bonds. The summed E-state index contributed by atoms with van der Waals surface area (Å²) in [5.74, 6) is 0.133. The number of benzene rings is 1. The molecule has 0 radical (unpaired) electrons. The molecule has 3 rings (SSSR count). The van der Waals surface area contributed by atoms with E-state index in [1.807, 2.05) is 12.1 Å². The Morgan fingerprint density at radius 1 is 1.05 bits per heavy atom. The van der Waals surface area contributed by atoms with E-state index in [9.17, 15) is 4.79 Å². The number of rotatable bonds is 3. The molecule has 1 aliphatic carbocycles. The highest BCUT2D eigenvalue weighted by atomic mass is 32.1. The van der Waals surface area contributed by atoms with Crippen LogP contribution < -0.4 is 4.74 Å². The lowest BCUT2D eigenvalue weighted by Gasteiger charge is -2.06. The van der Waals surface area contributed by atoms with Crippen molar-refractivity contribution in [3.8, 4) is 27.3 Å². The third-order valence-electron chi connectivity index (χ3n) is 3.22. The van der Waals surface area contributed by atoms with E-state index in [-0.39, 0.29) is 0 Å². The molecule has 0 unspecified atom stereocenters. The number of esters is 1. The highest BCUT2D eigenvalue weighted by Crippen LogP contribution is 2.38. The van der Waals surface area contributed by atoms with Crippen LogP contribution in [-0.2, 0) is 4.79 Å². The minimum Gasteiger partial charge on any atom is -0.423 e. The Balaban J connectivity index is 1.88. The first-order chi connectivity index (χ1) is 10.1. The van der Waals surface area contributed by atoms with Crippen LogP contribution in [0.4, 0.5) is 0 Å². The van der Waals surface area contributed by atoms with Gasteiger partial charge in [0.15, 0.2) is 0 Å². The van der Waals surface area contributed by atoms with E-state index in [1.165, 1.54) is 16.0 Å². The van der Waals surface area contributed by atoms with E-state index in [1.54, 1.807) is 30.4 Å². The molecule has 0 saturated heterocycles. The lowest BCUT2D eigenvalue weighted by Crippen LogP contribution is -2.07. The Morgan fingerprint density at radius 3 is 2.52 bits per heavy atom. The number of fused-ring (bicyclic) bond motifs is 1. The Labute approximate surface area is 127 Å². The molecule has 0 spiro atoms. The second kappa shape index (κ2) is 5.54. The average Bonchev–Trinajstić information content (AvgIpc) is 2.92. The van der Waals surface area contributed by atoms with Gasteiger partial charge < -0.3 is 4.74 Å². The fourth-order valence-corrected chi connectivity index (χ4v) is 2.90. The van der Waals surface area contributed by atoms with Crippen LogP contribution in [0, 0.1) is 0 Å². The van der Waals surface area contributed by atoms with Gasteiger partial charge in [0.05, 0.1) is 0 Å². The summed E-state index contributed by atoms with van der Waals surface area (Å²) in [6.45, 7) is 5.20. The molecule has 0 fully saturated rings. The smallest absolute Gasteiger partial charge is 0.338 e. The fraction of sp³-hybridized carbons (Fsp3) is 0.0556. The van der Waals surface area contributed by atoms with Crippen molar-refractivity contribution >= 4 is 17.3 Å². The van der Waals surface area contributed by atoms with Crippen molar-refractivity contribution in [3.63, 3.8) is 0 Å². The summed E-state index contributed by atoms with van der Waals surface area (Å²) < 4.78 is 5.20. The van der Waals surface area contributed by atoms with Crippen molar-refractivity contribution in [1.29, 1.82) is 0 Å². The third-order valence-corrected chi connectivity index (χ3v) is 4.12. The predicted molar refractivity (Wildman–Crippen MR) is 86.8 cm³/mol. The molecule has 0 aromatic heterocycles. The van der Waals surface area contributed by atoms with Crippen LogP contribution in [-0.4, -0.2) is 5.97 Å². The number of ether oxygens (including phenoxy) is 1. The lowest BCUT2D eigenvalue weighted by molar-refractivity contribution is -0.130. The first-order valence-corrected chi connectivity index (χ1v) is 7.47. The third kappa shape index (κ3) is 2.73. The Morgan fingerprint density at radius 2 is 1.81 bits per heavy atom. The van der Waals surface area contributed by atoms with Gasteiger partial charge in [-0.3, -0.25) is 0 Å². The van der Waals surface area contributed by atoms with Crippen molar-refractivity contribution in [2.45, 2.75) is 6.92 Å². The molecule has 2 aliphatic rings. The number of hydrogen-bond acceptors (Lipinski definition) is 3. The molecule has 1 aromatic rings. The molecule has 21 heavy (non-hydrogen) atoms. The van der Waals surface area contributed by atoms with Gasteiger partial charge in [-0.2, -0.15) is 0 Å². The molecular formula is C18H14O2S. The summed E-state index contributed by atoms with van der Waals surface area (Å²) in [4.78, 5) is 12.7. The number of hydrogen-bond donors (Lipinski definition) is 0. The maximum atomic E-state index is 11.5. The Hall–Kier alpha value is -2.39. The van der Waals surface area contributed by atoms with Crippen LogP contribution in [0.25, 0.3) is 21.6 Å². The zero-order chi connectivity index (χ0) is 14.8. The van der Waals surface area contributed by atoms with Gasteiger partial charge in [-0.1, -0.05) is 36.9 Å². The fourth-order valence-electron chi connectivity index (χ4n) is 2.14. The number of carbonyl (C=O) groups excluding carboxylic acids is 1. The van der Waals surface area contributed by atoms with Crippen LogP contribution >= 0.6 is 11.3 Å². The molecule has 1 aliphatic heterocycles. The van der Waals surface area contributed by atoms with E-state index in [2.05, 4.69) is 36.2 Å². The normalized spacial score (nSPS) is 10.5. The summed E-state index contributed by atoms with van der Waals surface area (Å²) in [5.41, 5.74) is 3.94. The first-order valence-electron chi connectivity index (χ1n) is 6.59. The lowest BCUT2D eigenvalue weighted by atomic mass is 10.0. The average molecular weight is 294 g/mol. The molecule has 2 nitrogen and oxygen atoms in total. The van der Waals surface area contributed by atoms with Crippen LogP contribution in [0.15, 0.2) is 66.1 Å². The van der Waals surface area contributed by atoms with Crippen molar-refractivity contribution in [2.75, 3.05) is 0 Å². The van der Waals surface area contributed by atoms with Gasteiger partial charge >= 0.3 is 5.97 Å². The predicted octanol–water partition coefficient (Wildman–Crippen LogP) is 5.00. The largest absolute Gasteiger partial charge is 0.423 e. The molecule has 1 aromatic carbocycles. The summed E-state index contributed by atoms with van der Waals surface area (Å²) in [6, 6.07) is 16.0. The summed E-state index contributed by atoms with van der Waals surface area (Å²) >= 11 is 1.73. The second-order valence-electron chi connectivity index (χ2n) is 4.83. The molecule has 0 saturated carbocycles. The summed E-state index contributed by atoms with van der Waals surface area (Å²) in [6.07, 6.45) is 0. The SMILES string of the molecule is C=C(C)C(=O)Oc1ccc(-c2ccc3scccc2-3)cc1. The highest BCUT2D eigenvalue weighted by Gasteiger charge is 2.11. The van der Waals surface area contributed by atoms with Gasteiger partial charge in [0.1, 0.15) is 5.75 Å². The number of carbonyl (C=O) groups is 1. The van der Waals surface area contributed by atoms with Crippen molar-refractivity contribution in [2.24, 2.45) is 0 Å². The van der Waals surface area contributed by atoms with E-state index < -0.39 is 5.97 Å². The molecular weight excluding hydrogens is 280 g/mol. The van der Waals surface area contributed by atoms with Gasteiger partial charge in [0, 0.05) is 10.5 Å². The van der Waals surface area contributed by atoms with Gasteiger partial charge in [-0.15, -0.1) is 11.3 Å². The topological polar surface area (TPSA) is 26.3 Å². The Kier molecular flexibility index (Phi) is 3.59. The molecule has 3 heteroatoms. The summed E-state index contributed by atoms with van der Waals surface area (Å²) in [5, 5.41) is 2.08. The molecule has 104 valence electrons. The highest BCUT2D eigenvalue weighted by molar-refractivity contribution is 7.13. The van der Waals surface area contributed by atoms with Gasteiger partial charge in [-0.25, -0.2) is 4.79 Å². The maximum Gasteiger partial charge on any atom is 0.338 e. The standard InChI is InChI=1S/C18H14O2S/c1-12(2)18(19)20-14-7-5-13(6-8-14)15-9-10-17-16(15)4-3-11-21-17/h3-11H,1H2,2H3. The van der Waals surface area contributed by atoms with Gasteiger partial charge in [0.25, 0.3) is 0 Å². The molecule has 1 heterocycles. The van der Waals surface area contributed by atoms with E-state index >= 15 is 0 Å². The molecule has 0 atom stereocenters. The first kappa shape index (κ1) is 13.6. The van der Waals surface area contributed by atoms with Crippen molar-refractivity contribution in [3.05, 3.63) is 66.1 Å². The van der Waals surface area contributed by atoms with Gasteiger partial charge in [0.2, 0.25) is 0 Å². The minimum absolute atomic E-state index is 0.391. The quantitative estimate of drug-likeness (QED) is 0.386. The van der Waals surface area contributed by atoms with Crippen molar-refractivity contribution < 1.29 is 9.53 Å². The Bertz CT molecular complexity index is 768. The van der Waals surface area contributed by atoms with Crippen LogP contribution in [0.1, 0.15) is 6.92 Å². The van der Waals surface area contributed by atoms with Crippen LogP contribution in [0.3, 0.4) is 0 Å². The van der Waals surface area contributed by atoms with Crippen LogP contribution in [0.2, 0.25) is 0 Å². The van der Waals surface area contributed by atoms with Gasteiger partial charge in [-0.05, 0) is 47.2 Å². The molecule has 0 bridgehead atoms. The zero-order valence-corrected chi connectivity index (χ0v) is 12.4. The van der Waals surface area contributed by atoms with E-state index in [4.69, 9.17) is 4.74 Å². The minimum atomic E-state index is -0.400. The molecule has 0 N–H and O–H groups in total. The summed E-state index contributed by atoms with van der Waals surface area (Å²) in [7, 11) is 0. The van der Waals surface area contributed by atoms with Crippen molar-refractivity contribution in [1.82, 2.24) is 0 Å². The van der Waals surface area contributed by atoms with Crippen LogP contribution in [0.5, 0.6) is 5.75 Å². The van der Waals surface area contributed by atoms with E-state index in [0.717, 1.165) is 5.56 Å². The zero-order valence-electron chi connectivity index (χ0n) is 11.6. The monoisotopic (exact) mass is 294 g/mol. The maximum absolute atomic E-state index is 11.5. The second-order valence-corrected chi connectivity index (χ2v) is 5.78.